The Morgan fingerprint density at radius 1 is 0.651 bits per heavy atom. The van der Waals surface area contributed by atoms with E-state index in [2.05, 4.69) is 70.7 Å². The molecule has 204 valence electrons. The fourth-order valence-corrected chi connectivity index (χ4v) is 5.94. The van der Waals surface area contributed by atoms with Crippen LogP contribution in [0.5, 0.6) is 0 Å². The summed E-state index contributed by atoms with van der Waals surface area (Å²) >= 11 is 0. The Bertz CT molecular complexity index is 2310. The molecule has 0 unspecified atom stereocenters. The molecule has 4 heterocycles. The lowest BCUT2D eigenvalue weighted by molar-refractivity contribution is 1.04. The summed E-state index contributed by atoms with van der Waals surface area (Å²) in [7, 11) is 0. The number of pyridine rings is 2. The van der Waals surface area contributed by atoms with Crippen LogP contribution in [0.4, 0.5) is 0 Å². The van der Waals surface area contributed by atoms with Crippen molar-refractivity contribution in [1.29, 1.82) is 5.41 Å². The molecule has 8 aromatic rings. The Balaban J connectivity index is 1.42. The molecule has 43 heavy (non-hydrogen) atoms. The zero-order valence-electron chi connectivity index (χ0n) is 23.1. The molecule has 0 amide bonds. The highest BCUT2D eigenvalue weighted by molar-refractivity contribution is 6.24. The van der Waals surface area contributed by atoms with Gasteiger partial charge in [-0.3, -0.25) is 10.4 Å². The van der Waals surface area contributed by atoms with Crippen LogP contribution in [0.15, 0.2) is 146 Å². The lowest BCUT2D eigenvalue weighted by Crippen LogP contribution is -2.15. The zero-order chi connectivity index (χ0) is 28.8. The molecule has 0 saturated carbocycles. The highest BCUT2D eigenvalue weighted by atomic mass is 15.4. The van der Waals surface area contributed by atoms with Gasteiger partial charge in [-0.15, -0.1) is 0 Å². The Morgan fingerprint density at radius 2 is 1.30 bits per heavy atom. The number of aromatic nitrogens is 4. The number of nitrogens with one attached hydrogen (secondary N) is 2. The largest absolute Gasteiger partial charge is 0.307 e. The van der Waals surface area contributed by atoms with Gasteiger partial charge in [-0.25, -0.2) is 9.66 Å². The molecule has 0 aliphatic rings. The molecule has 0 fully saturated rings. The van der Waals surface area contributed by atoms with E-state index in [1.54, 1.807) is 0 Å². The standard InChI is InChI=1S/C37H26N6/c38-30(25-13-4-1-5-14-25)23-31(26-15-6-2-7-16-26)41-43-32-20-11-10-19-28(32)34-36-29(24-40-37(34)43)35-33(21-12-22-39-35)42(36)27-17-8-3-9-18-27/h1-24,38,41H/b31-23-,38-30?. The minimum Gasteiger partial charge on any atom is -0.307 e. The number of benzene rings is 4. The first-order valence-corrected chi connectivity index (χ1v) is 14.2. The van der Waals surface area contributed by atoms with Gasteiger partial charge in [0.15, 0.2) is 5.65 Å². The summed E-state index contributed by atoms with van der Waals surface area (Å²) in [4.78, 5) is 9.84. The van der Waals surface area contributed by atoms with E-state index in [0.717, 1.165) is 66.4 Å². The lowest BCUT2D eigenvalue weighted by atomic mass is 10.1. The molecular weight excluding hydrogens is 528 g/mol. The minimum atomic E-state index is 0.415. The molecule has 4 aromatic heterocycles. The fraction of sp³-hybridized carbons (Fsp3) is 0. The summed E-state index contributed by atoms with van der Waals surface area (Å²) in [6.07, 6.45) is 5.65. The second-order valence-electron chi connectivity index (χ2n) is 10.4. The van der Waals surface area contributed by atoms with Crippen molar-refractivity contribution in [3.63, 3.8) is 0 Å². The maximum atomic E-state index is 8.91. The van der Waals surface area contributed by atoms with Crippen LogP contribution in [0.2, 0.25) is 0 Å². The molecule has 6 heteroatoms. The van der Waals surface area contributed by atoms with Gasteiger partial charge in [0, 0.05) is 28.9 Å². The van der Waals surface area contributed by atoms with E-state index in [-0.39, 0.29) is 0 Å². The van der Waals surface area contributed by atoms with Crippen molar-refractivity contribution in [2.75, 3.05) is 5.43 Å². The monoisotopic (exact) mass is 554 g/mol. The van der Waals surface area contributed by atoms with Crippen molar-refractivity contribution in [2.45, 2.75) is 0 Å². The molecule has 4 aromatic carbocycles. The molecule has 2 N–H and O–H groups in total. The maximum Gasteiger partial charge on any atom is 0.162 e. The summed E-state index contributed by atoms with van der Waals surface area (Å²) in [6.45, 7) is 0. The summed E-state index contributed by atoms with van der Waals surface area (Å²) in [6, 6.07) is 42.8. The Hall–Kier alpha value is -6.01. The van der Waals surface area contributed by atoms with Crippen LogP contribution in [0.1, 0.15) is 11.1 Å². The van der Waals surface area contributed by atoms with Crippen LogP contribution in [0.3, 0.4) is 0 Å². The molecule has 0 atom stereocenters. The van der Waals surface area contributed by atoms with Crippen molar-refractivity contribution in [2.24, 2.45) is 0 Å². The van der Waals surface area contributed by atoms with Crippen LogP contribution in [0.25, 0.3) is 55.3 Å². The van der Waals surface area contributed by atoms with Crippen molar-refractivity contribution in [3.8, 4) is 5.69 Å². The zero-order valence-corrected chi connectivity index (χ0v) is 23.1. The molecule has 6 nitrogen and oxygen atoms in total. The van der Waals surface area contributed by atoms with Gasteiger partial charge < -0.3 is 9.98 Å². The molecular formula is C37H26N6. The quantitative estimate of drug-likeness (QED) is 0.203. The van der Waals surface area contributed by atoms with Crippen molar-refractivity contribution < 1.29 is 0 Å². The van der Waals surface area contributed by atoms with Gasteiger partial charge in [0.1, 0.15) is 0 Å². The molecule has 0 aliphatic heterocycles. The van der Waals surface area contributed by atoms with E-state index in [0.29, 0.717) is 5.71 Å². The van der Waals surface area contributed by atoms with Gasteiger partial charge in [0.2, 0.25) is 0 Å². The smallest absolute Gasteiger partial charge is 0.162 e. The average molecular weight is 555 g/mol. The Morgan fingerprint density at radius 3 is 2.07 bits per heavy atom. The third-order valence-electron chi connectivity index (χ3n) is 7.87. The van der Waals surface area contributed by atoms with Gasteiger partial charge in [0.05, 0.1) is 38.9 Å². The second-order valence-corrected chi connectivity index (χ2v) is 10.4. The van der Waals surface area contributed by atoms with Gasteiger partial charge in [-0.2, -0.15) is 0 Å². The molecule has 0 spiro atoms. The first-order chi connectivity index (χ1) is 21.3. The van der Waals surface area contributed by atoms with E-state index in [1.165, 1.54) is 0 Å². The Labute approximate surface area is 247 Å². The van der Waals surface area contributed by atoms with E-state index >= 15 is 0 Å². The van der Waals surface area contributed by atoms with Gasteiger partial charge in [-0.1, -0.05) is 97.1 Å². The predicted molar refractivity (Wildman–Crippen MR) is 176 cm³/mol. The minimum absolute atomic E-state index is 0.415. The SMILES string of the molecule is N=C(/C=C(\Nn1c2ccccc2c2c1ncc1c3ncccc3n(-c3ccccc3)c12)c1ccccc1)c1ccccc1. The molecule has 0 saturated heterocycles. The van der Waals surface area contributed by atoms with Crippen LogP contribution >= 0.6 is 0 Å². The van der Waals surface area contributed by atoms with Gasteiger partial charge >= 0.3 is 0 Å². The summed E-state index contributed by atoms with van der Waals surface area (Å²) in [5.41, 5.74) is 12.6. The molecule has 8 rings (SSSR count). The van der Waals surface area contributed by atoms with Crippen molar-refractivity contribution >= 4 is 55.3 Å². The average Bonchev–Trinajstić information content (AvgIpc) is 3.58. The number of hydrogen-bond acceptors (Lipinski definition) is 4. The lowest BCUT2D eigenvalue weighted by Gasteiger charge is -2.15. The summed E-state index contributed by atoms with van der Waals surface area (Å²) in [5.74, 6) is 0. The number of rotatable bonds is 6. The first-order valence-electron chi connectivity index (χ1n) is 14.2. The van der Waals surface area contributed by atoms with Crippen molar-refractivity contribution in [1.82, 2.24) is 19.2 Å². The maximum absolute atomic E-state index is 8.91. The van der Waals surface area contributed by atoms with Crippen LogP contribution in [-0.2, 0) is 0 Å². The van der Waals surface area contributed by atoms with Gasteiger partial charge in [0.25, 0.3) is 0 Å². The first kappa shape index (κ1) is 24.8. The van der Waals surface area contributed by atoms with Crippen LogP contribution < -0.4 is 5.43 Å². The van der Waals surface area contributed by atoms with E-state index in [9.17, 15) is 0 Å². The van der Waals surface area contributed by atoms with Crippen LogP contribution in [-0.4, -0.2) is 24.9 Å². The number of hydrogen-bond donors (Lipinski definition) is 2. The highest BCUT2D eigenvalue weighted by Crippen LogP contribution is 2.39. The predicted octanol–water partition coefficient (Wildman–Crippen LogP) is 8.33. The van der Waals surface area contributed by atoms with E-state index < -0.39 is 0 Å². The number of para-hydroxylation sites is 2. The third kappa shape index (κ3) is 4.08. The van der Waals surface area contributed by atoms with Crippen molar-refractivity contribution in [3.05, 3.63) is 157 Å². The number of allylic oxidation sites excluding steroid dienone is 1. The number of fused-ring (bicyclic) bond motifs is 7. The summed E-state index contributed by atoms with van der Waals surface area (Å²) in [5, 5.41) is 12.0. The second kappa shape index (κ2) is 10.1. The van der Waals surface area contributed by atoms with E-state index in [1.807, 2.05) is 89.9 Å². The highest BCUT2D eigenvalue weighted by Gasteiger charge is 2.22. The molecule has 0 radical (unpaired) electrons. The molecule has 0 aliphatic carbocycles. The topological polar surface area (TPSA) is 71.5 Å². The normalized spacial score (nSPS) is 12.0. The van der Waals surface area contributed by atoms with E-state index in [4.69, 9.17) is 15.4 Å². The Kier molecular flexibility index (Phi) is 5.83. The summed E-state index contributed by atoms with van der Waals surface area (Å²) < 4.78 is 4.33. The number of nitrogens with zero attached hydrogens (tertiary/aromatic N) is 4. The molecule has 0 bridgehead atoms. The third-order valence-corrected chi connectivity index (χ3v) is 7.87. The van der Waals surface area contributed by atoms with Gasteiger partial charge in [-0.05, 0) is 47.5 Å². The van der Waals surface area contributed by atoms with Crippen LogP contribution in [0, 0.1) is 5.41 Å². The fourth-order valence-electron chi connectivity index (χ4n) is 5.94.